The highest BCUT2D eigenvalue weighted by atomic mass is 16.7. The minimum atomic E-state index is -0.409. The van der Waals surface area contributed by atoms with Crippen molar-refractivity contribution in [2.24, 2.45) is 0 Å². The molecule has 0 aromatic heterocycles. The molecule has 2 saturated heterocycles. The van der Waals surface area contributed by atoms with Gasteiger partial charge in [-0.25, -0.2) is 0 Å². The van der Waals surface area contributed by atoms with Gasteiger partial charge in [0.25, 0.3) is 0 Å². The van der Waals surface area contributed by atoms with E-state index in [4.69, 9.17) is 18.9 Å². The van der Waals surface area contributed by atoms with Crippen LogP contribution in [-0.4, -0.2) is 50.8 Å². The van der Waals surface area contributed by atoms with E-state index >= 15 is 0 Å². The fraction of sp³-hybridized carbons (Fsp3) is 1.00. The fourth-order valence-corrected chi connectivity index (χ4v) is 2.66. The van der Waals surface area contributed by atoms with Gasteiger partial charge in [0.1, 0.15) is 17.8 Å². The Hall–Kier alpha value is -0.160. The molecule has 2 aliphatic heterocycles. The van der Waals surface area contributed by atoms with Crippen molar-refractivity contribution in [1.29, 1.82) is 0 Å². The van der Waals surface area contributed by atoms with E-state index in [1.807, 2.05) is 13.8 Å². The molecular formula is C10H18O4. The average molecular weight is 202 g/mol. The molecule has 2 heterocycles. The summed E-state index contributed by atoms with van der Waals surface area (Å²) in [5.41, 5.74) is -0.409. The Morgan fingerprint density at radius 1 is 1.29 bits per heavy atom. The second kappa shape index (κ2) is 3.45. The van der Waals surface area contributed by atoms with E-state index < -0.39 is 5.60 Å². The molecule has 2 rings (SSSR count). The lowest BCUT2D eigenvalue weighted by atomic mass is 9.94. The van der Waals surface area contributed by atoms with Crippen LogP contribution in [0.1, 0.15) is 13.8 Å². The van der Waals surface area contributed by atoms with Gasteiger partial charge in [-0.1, -0.05) is 0 Å². The van der Waals surface area contributed by atoms with Crippen LogP contribution in [0, 0.1) is 0 Å². The van der Waals surface area contributed by atoms with Crippen LogP contribution in [0.15, 0.2) is 0 Å². The molecule has 0 aliphatic carbocycles. The van der Waals surface area contributed by atoms with Gasteiger partial charge in [0.15, 0.2) is 0 Å². The summed E-state index contributed by atoms with van der Waals surface area (Å²) in [7, 11) is 3.37. The molecule has 2 aliphatic rings. The van der Waals surface area contributed by atoms with E-state index in [-0.39, 0.29) is 24.4 Å². The van der Waals surface area contributed by atoms with Gasteiger partial charge in [-0.2, -0.15) is 0 Å². The first kappa shape index (κ1) is 10.4. The molecular weight excluding hydrogens is 184 g/mol. The lowest BCUT2D eigenvalue weighted by Crippen LogP contribution is -2.50. The summed E-state index contributed by atoms with van der Waals surface area (Å²) in [6.45, 7) is 4.55. The lowest BCUT2D eigenvalue weighted by molar-refractivity contribution is -0.194. The van der Waals surface area contributed by atoms with Crippen LogP contribution in [0.25, 0.3) is 0 Å². The van der Waals surface area contributed by atoms with Crippen LogP contribution in [-0.2, 0) is 18.9 Å². The third-order valence-corrected chi connectivity index (χ3v) is 3.32. The molecule has 14 heavy (non-hydrogen) atoms. The monoisotopic (exact) mass is 202 g/mol. The van der Waals surface area contributed by atoms with Crippen LogP contribution < -0.4 is 0 Å². The maximum atomic E-state index is 5.93. The van der Waals surface area contributed by atoms with Crippen molar-refractivity contribution in [3.8, 4) is 0 Å². The summed E-state index contributed by atoms with van der Waals surface area (Å²) in [5, 5.41) is 0. The maximum Gasteiger partial charge on any atom is 0.146 e. The predicted octanol–water partition coefficient (Wildman–Crippen LogP) is 0.593. The zero-order chi connectivity index (χ0) is 10.3. The second-order valence-electron chi connectivity index (χ2n) is 4.11. The van der Waals surface area contributed by atoms with Crippen LogP contribution >= 0.6 is 0 Å². The first-order chi connectivity index (χ1) is 6.65. The molecule has 0 aromatic carbocycles. The molecule has 0 amide bonds. The maximum absolute atomic E-state index is 5.93. The Morgan fingerprint density at radius 2 is 2.00 bits per heavy atom. The Bertz CT molecular complexity index is 220. The van der Waals surface area contributed by atoms with Crippen LogP contribution in [0.2, 0.25) is 0 Å². The molecule has 2 fully saturated rings. The van der Waals surface area contributed by atoms with Gasteiger partial charge in [-0.3, -0.25) is 0 Å². The lowest BCUT2D eigenvalue weighted by Gasteiger charge is -2.34. The van der Waals surface area contributed by atoms with E-state index in [1.54, 1.807) is 14.2 Å². The zero-order valence-corrected chi connectivity index (χ0v) is 9.15. The summed E-state index contributed by atoms with van der Waals surface area (Å²) in [6.07, 6.45) is 0.164. The second-order valence-corrected chi connectivity index (χ2v) is 4.11. The number of fused-ring (bicyclic) bond motifs is 2. The van der Waals surface area contributed by atoms with Gasteiger partial charge in [-0.15, -0.1) is 0 Å². The Labute approximate surface area is 84.5 Å². The van der Waals surface area contributed by atoms with E-state index in [0.717, 1.165) is 0 Å². The van der Waals surface area contributed by atoms with Crippen molar-refractivity contribution in [2.45, 2.75) is 43.9 Å². The van der Waals surface area contributed by atoms with Gasteiger partial charge in [0.05, 0.1) is 18.8 Å². The smallest absolute Gasteiger partial charge is 0.146 e. The highest BCUT2D eigenvalue weighted by molar-refractivity contribution is 5.11. The Balaban J connectivity index is 2.25. The van der Waals surface area contributed by atoms with E-state index in [2.05, 4.69) is 0 Å². The molecule has 0 spiro atoms. The Kier molecular flexibility index (Phi) is 2.55. The van der Waals surface area contributed by atoms with Gasteiger partial charge < -0.3 is 18.9 Å². The van der Waals surface area contributed by atoms with Gasteiger partial charge >= 0.3 is 0 Å². The molecule has 0 aromatic rings. The van der Waals surface area contributed by atoms with Crippen molar-refractivity contribution in [3.63, 3.8) is 0 Å². The first-order valence-electron chi connectivity index (χ1n) is 5.00. The average Bonchev–Trinajstić information content (AvgIpc) is 2.54. The third-order valence-electron chi connectivity index (χ3n) is 3.32. The summed E-state index contributed by atoms with van der Waals surface area (Å²) in [6, 6.07) is 0. The van der Waals surface area contributed by atoms with E-state index in [1.165, 1.54) is 0 Å². The third kappa shape index (κ3) is 1.15. The SMILES string of the molecule is COC[C@]12O[C@@H](C)[C@@H](OC1C)C2OC. The van der Waals surface area contributed by atoms with E-state index in [9.17, 15) is 0 Å². The van der Waals surface area contributed by atoms with Crippen molar-refractivity contribution in [3.05, 3.63) is 0 Å². The normalized spacial score (nSPS) is 51.4. The molecule has 0 saturated carbocycles. The van der Waals surface area contributed by atoms with Gasteiger partial charge in [0, 0.05) is 14.2 Å². The Morgan fingerprint density at radius 3 is 2.57 bits per heavy atom. The first-order valence-corrected chi connectivity index (χ1v) is 5.00. The number of methoxy groups -OCH3 is 2. The summed E-state index contributed by atoms with van der Waals surface area (Å²) >= 11 is 0. The highest BCUT2D eigenvalue weighted by Crippen LogP contribution is 2.45. The topological polar surface area (TPSA) is 36.9 Å². The number of rotatable bonds is 3. The number of hydrogen-bond donors (Lipinski definition) is 0. The van der Waals surface area contributed by atoms with E-state index in [0.29, 0.717) is 6.61 Å². The number of hydrogen-bond acceptors (Lipinski definition) is 4. The highest BCUT2D eigenvalue weighted by Gasteiger charge is 2.64. The van der Waals surface area contributed by atoms with Gasteiger partial charge in [-0.05, 0) is 13.8 Å². The fourth-order valence-electron chi connectivity index (χ4n) is 2.66. The van der Waals surface area contributed by atoms with Crippen LogP contribution in [0.4, 0.5) is 0 Å². The molecule has 2 bridgehead atoms. The molecule has 2 unspecified atom stereocenters. The summed E-state index contributed by atoms with van der Waals surface area (Å²) in [4.78, 5) is 0. The van der Waals surface area contributed by atoms with Crippen LogP contribution in [0.5, 0.6) is 0 Å². The molecule has 5 atom stereocenters. The standard InChI is InChI=1S/C10H18O4/c1-6-8-9(12-4)10(14-6,5-11-3)7(2)13-8/h6-9H,5H2,1-4H3/t6-,7?,8+,9?,10-/m0/s1. The molecule has 4 heteroatoms. The zero-order valence-electron chi connectivity index (χ0n) is 9.15. The minimum absolute atomic E-state index is 0.00699. The molecule has 0 radical (unpaired) electrons. The van der Waals surface area contributed by atoms with Gasteiger partial charge in [0.2, 0.25) is 0 Å². The van der Waals surface area contributed by atoms with Crippen molar-refractivity contribution < 1.29 is 18.9 Å². The van der Waals surface area contributed by atoms with Crippen molar-refractivity contribution >= 4 is 0 Å². The predicted molar refractivity (Wildman–Crippen MR) is 50.3 cm³/mol. The van der Waals surface area contributed by atoms with Crippen molar-refractivity contribution in [2.75, 3.05) is 20.8 Å². The van der Waals surface area contributed by atoms with Crippen LogP contribution in [0.3, 0.4) is 0 Å². The quantitative estimate of drug-likeness (QED) is 0.671. The summed E-state index contributed by atoms with van der Waals surface area (Å²) in [5.74, 6) is 0. The number of ether oxygens (including phenoxy) is 4. The molecule has 0 N–H and O–H groups in total. The minimum Gasteiger partial charge on any atom is -0.381 e. The summed E-state index contributed by atoms with van der Waals surface area (Å²) < 4.78 is 22.4. The van der Waals surface area contributed by atoms with Crippen molar-refractivity contribution in [1.82, 2.24) is 0 Å². The largest absolute Gasteiger partial charge is 0.381 e. The molecule has 82 valence electrons. The molecule has 4 nitrogen and oxygen atoms in total.